The number of rotatable bonds is 9. The number of benzene rings is 2. The number of carbonyl (C=O) groups is 3. The molecule has 0 aliphatic carbocycles. The van der Waals surface area contributed by atoms with Crippen molar-refractivity contribution >= 4 is 51.3 Å². The Kier molecular flexibility index (Phi) is 10.8. The number of fused-ring (bicyclic) bond motifs is 1. The second-order valence-corrected chi connectivity index (χ2v) is 8.76. The highest BCUT2D eigenvalue weighted by Crippen LogP contribution is 2.14. The molecule has 1 heterocycles. The van der Waals surface area contributed by atoms with Crippen molar-refractivity contribution in [1.82, 2.24) is 10.3 Å². The Morgan fingerprint density at radius 2 is 1.74 bits per heavy atom. The first-order chi connectivity index (χ1) is 16.2. The van der Waals surface area contributed by atoms with Crippen molar-refractivity contribution in [3.8, 4) is 0 Å². The zero-order valence-corrected chi connectivity index (χ0v) is 20.6. The number of carboxylic acid groups (broad SMARTS) is 1. The van der Waals surface area contributed by atoms with E-state index in [1.807, 2.05) is 42.5 Å². The number of hydrogen-bond acceptors (Lipinski definition) is 6. The number of nitrogens with zero attached hydrogens (tertiary/aromatic N) is 1. The van der Waals surface area contributed by atoms with Crippen LogP contribution in [-0.2, 0) is 16.0 Å². The van der Waals surface area contributed by atoms with Gasteiger partial charge < -0.3 is 27.6 Å². The van der Waals surface area contributed by atoms with Gasteiger partial charge in [-0.25, -0.2) is 4.79 Å². The van der Waals surface area contributed by atoms with Crippen LogP contribution in [0.25, 0.3) is 10.9 Å². The molecule has 0 radical (unpaired) electrons. The number of primary amides is 1. The SMILES string of the molecule is NC(=O)c1cccc2cccnc12.NCCC[C@H](NC(=O)[C@@H](N)Cc1ccc(I)cc1)C(=O)O. The number of nitrogens with one attached hydrogen (secondary N) is 1. The van der Waals surface area contributed by atoms with Crippen molar-refractivity contribution in [1.29, 1.82) is 0 Å². The normalized spacial score (nSPS) is 12.2. The lowest BCUT2D eigenvalue weighted by molar-refractivity contribution is -0.142. The summed E-state index contributed by atoms with van der Waals surface area (Å²) >= 11 is 2.19. The monoisotopic (exact) mass is 577 g/mol. The van der Waals surface area contributed by atoms with Crippen molar-refractivity contribution in [3.63, 3.8) is 0 Å². The molecule has 0 aliphatic heterocycles. The minimum absolute atomic E-state index is 0.299. The fourth-order valence-corrected chi connectivity index (χ4v) is 3.49. The zero-order chi connectivity index (χ0) is 25.1. The summed E-state index contributed by atoms with van der Waals surface area (Å²) in [4.78, 5) is 38.1. The highest BCUT2D eigenvalue weighted by atomic mass is 127. The summed E-state index contributed by atoms with van der Waals surface area (Å²) in [6.45, 7) is 0.383. The molecule has 2 amide bonds. The van der Waals surface area contributed by atoms with Gasteiger partial charge in [-0.05, 0) is 78.2 Å². The molecule has 180 valence electrons. The van der Waals surface area contributed by atoms with Gasteiger partial charge in [-0.15, -0.1) is 0 Å². The quantitative estimate of drug-likeness (QED) is 0.241. The van der Waals surface area contributed by atoms with Crippen molar-refractivity contribution < 1.29 is 19.5 Å². The smallest absolute Gasteiger partial charge is 0.326 e. The second kappa shape index (κ2) is 13.6. The van der Waals surface area contributed by atoms with Gasteiger partial charge >= 0.3 is 5.97 Å². The number of carboxylic acids is 1. The number of nitrogens with two attached hydrogens (primary N) is 3. The number of pyridine rings is 1. The summed E-state index contributed by atoms with van der Waals surface area (Å²) in [5.41, 5.74) is 18.5. The summed E-state index contributed by atoms with van der Waals surface area (Å²) in [5, 5.41) is 12.4. The molecular weight excluding hydrogens is 549 g/mol. The van der Waals surface area contributed by atoms with Gasteiger partial charge in [0.15, 0.2) is 0 Å². The molecule has 3 rings (SSSR count). The average Bonchev–Trinajstić information content (AvgIpc) is 2.82. The zero-order valence-electron chi connectivity index (χ0n) is 18.5. The minimum atomic E-state index is -1.07. The predicted octanol–water partition coefficient (Wildman–Crippen LogP) is 1.80. The first-order valence-electron chi connectivity index (χ1n) is 10.6. The molecule has 1 aromatic heterocycles. The third kappa shape index (κ3) is 8.36. The predicted molar refractivity (Wildman–Crippen MR) is 139 cm³/mol. The first kappa shape index (κ1) is 27.2. The van der Waals surface area contributed by atoms with E-state index >= 15 is 0 Å². The lowest BCUT2D eigenvalue weighted by atomic mass is 10.1. The second-order valence-electron chi connectivity index (χ2n) is 7.51. The van der Waals surface area contributed by atoms with Crippen LogP contribution in [0, 0.1) is 3.57 Å². The van der Waals surface area contributed by atoms with Gasteiger partial charge in [-0.1, -0.05) is 30.3 Å². The molecule has 2 aromatic carbocycles. The molecule has 0 spiro atoms. The molecule has 0 saturated carbocycles. The van der Waals surface area contributed by atoms with E-state index in [1.54, 1.807) is 18.3 Å². The maximum Gasteiger partial charge on any atom is 0.326 e. The number of para-hydroxylation sites is 1. The Balaban J connectivity index is 0.000000266. The van der Waals surface area contributed by atoms with Crippen LogP contribution in [-0.4, -0.2) is 46.5 Å². The molecule has 0 saturated heterocycles. The van der Waals surface area contributed by atoms with Crippen molar-refractivity contribution in [2.24, 2.45) is 17.2 Å². The van der Waals surface area contributed by atoms with Crippen LogP contribution in [0.1, 0.15) is 28.8 Å². The summed E-state index contributed by atoms with van der Waals surface area (Å²) in [7, 11) is 0. The summed E-state index contributed by atoms with van der Waals surface area (Å²) in [5.74, 6) is -1.97. The van der Waals surface area contributed by atoms with E-state index in [9.17, 15) is 14.4 Å². The highest BCUT2D eigenvalue weighted by Gasteiger charge is 2.22. The van der Waals surface area contributed by atoms with Crippen molar-refractivity contribution in [3.05, 3.63) is 75.5 Å². The van der Waals surface area contributed by atoms with Crippen molar-refractivity contribution in [2.45, 2.75) is 31.3 Å². The van der Waals surface area contributed by atoms with E-state index in [1.165, 1.54) is 0 Å². The summed E-state index contributed by atoms with van der Waals surface area (Å²) in [6, 6.07) is 15.0. The van der Waals surface area contributed by atoms with Gasteiger partial charge in [0.05, 0.1) is 17.1 Å². The van der Waals surface area contributed by atoms with Crippen LogP contribution in [0.15, 0.2) is 60.8 Å². The van der Waals surface area contributed by atoms with E-state index < -0.39 is 29.9 Å². The van der Waals surface area contributed by atoms with Crippen LogP contribution in [0.5, 0.6) is 0 Å². The third-order valence-corrected chi connectivity index (χ3v) is 5.63. The van der Waals surface area contributed by atoms with Crippen LogP contribution in [0.2, 0.25) is 0 Å². The topological polar surface area (TPSA) is 174 Å². The Morgan fingerprint density at radius 1 is 1.06 bits per heavy atom. The van der Waals surface area contributed by atoms with E-state index in [4.69, 9.17) is 22.3 Å². The molecule has 10 heteroatoms. The van der Waals surface area contributed by atoms with Crippen LogP contribution < -0.4 is 22.5 Å². The van der Waals surface area contributed by atoms with Crippen LogP contribution >= 0.6 is 22.6 Å². The summed E-state index contributed by atoms with van der Waals surface area (Å²) < 4.78 is 1.10. The van der Waals surface area contributed by atoms with E-state index in [0.29, 0.717) is 36.9 Å². The van der Waals surface area contributed by atoms with E-state index in [-0.39, 0.29) is 0 Å². The van der Waals surface area contributed by atoms with Gasteiger partial charge in [0.1, 0.15) is 6.04 Å². The number of carbonyl (C=O) groups excluding carboxylic acids is 2. The molecule has 0 fully saturated rings. The third-order valence-electron chi connectivity index (χ3n) is 4.92. The fourth-order valence-electron chi connectivity index (χ4n) is 3.13. The van der Waals surface area contributed by atoms with Crippen LogP contribution in [0.4, 0.5) is 0 Å². The Hall–Kier alpha value is -3.09. The average molecular weight is 577 g/mol. The molecule has 8 N–H and O–H groups in total. The minimum Gasteiger partial charge on any atom is -0.480 e. The molecular formula is C24H28IN5O4. The standard InChI is InChI=1S/C14H20IN3O3.C10H8N2O/c15-10-5-3-9(4-6-10)8-11(17)13(19)18-12(14(20)21)2-1-7-16;11-10(13)8-5-1-3-7-4-2-6-12-9(7)8/h3-6,11-12H,1-2,7-8,16-17H2,(H,18,19)(H,20,21);1-6H,(H2,11,13)/t11-,12-;/m0./s1. The first-order valence-corrected chi connectivity index (χ1v) is 11.7. The van der Waals surface area contributed by atoms with Gasteiger partial charge in [-0.3, -0.25) is 14.6 Å². The Labute approximate surface area is 211 Å². The molecule has 34 heavy (non-hydrogen) atoms. The van der Waals surface area contributed by atoms with E-state index in [2.05, 4.69) is 32.9 Å². The molecule has 0 unspecified atom stereocenters. The Morgan fingerprint density at radius 3 is 2.35 bits per heavy atom. The molecule has 0 aliphatic rings. The van der Waals surface area contributed by atoms with Gasteiger partial charge in [-0.2, -0.15) is 0 Å². The number of aromatic nitrogens is 1. The lowest BCUT2D eigenvalue weighted by Gasteiger charge is -2.17. The highest BCUT2D eigenvalue weighted by molar-refractivity contribution is 14.1. The molecule has 9 nitrogen and oxygen atoms in total. The van der Waals surface area contributed by atoms with Gasteiger partial charge in [0, 0.05) is 15.2 Å². The number of hydrogen-bond donors (Lipinski definition) is 5. The largest absolute Gasteiger partial charge is 0.480 e. The molecule has 3 aromatic rings. The van der Waals surface area contributed by atoms with Crippen LogP contribution in [0.3, 0.4) is 0 Å². The summed E-state index contributed by atoms with van der Waals surface area (Å²) in [6.07, 6.45) is 2.85. The fraction of sp³-hybridized carbons (Fsp3) is 0.250. The maximum atomic E-state index is 12.0. The van der Waals surface area contributed by atoms with Gasteiger partial charge in [0.2, 0.25) is 5.91 Å². The molecule has 2 atom stereocenters. The van der Waals surface area contributed by atoms with Crippen molar-refractivity contribution in [2.75, 3.05) is 6.54 Å². The van der Waals surface area contributed by atoms with E-state index in [0.717, 1.165) is 14.5 Å². The number of halogens is 1. The molecule has 0 bridgehead atoms. The number of aliphatic carboxylic acids is 1. The number of amides is 2. The maximum absolute atomic E-state index is 12.0. The lowest BCUT2D eigenvalue weighted by Crippen LogP contribution is -2.49. The van der Waals surface area contributed by atoms with Gasteiger partial charge in [0.25, 0.3) is 5.91 Å². The Bertz CT molecular complexity index is 1120.